The number of hydrogen-bond donors (Lipinski definition) is 2. The number of aryl methyl sites for hydroxylation is 1. The van der Waals surface area contributed by atoms with Crippen LogP contribution in [0.3, 0.4) is 0 Å². The van der Waals surface area contributed by atoms with Gasteiger partial charge in [-0.1, -0.05) is 36.7 Å². The average Bonchev–Trinajstić information content (AvgIpc) is 3.10. The monoisotopic (exact) mass is 628 g/mol. The van der Waals surface area contributed by atoms with Crippen molar-refractivity contribution in [3.8, 4) is 5.75 Å². The van der Waals surface area contributed by atoms with Gasteiger partial charge >= 0.3 is 0 Å². The zero-order valence-corrected chi connectivity index (χ0v) is 26.4. The Morgan fingerprint density at radius 3 is 2.79 bits per heavy atom. The minimum atomic E-state index is -4.06. The Morgan fingerprint density at radius 1 is 1.21 bits per heavy atom. The topological polar surface area (TPSA) is 105 Å². The summed E-state index contributed by atoms with van der Waals surface area (Å²) in [4.78, 5) is 15.8. The van der Waals surface area contributed by atoms with Gasteiger partial charge in [0.1, 0.15) is 11.0 Å². The number of aliphatic hydroxyl groups is 1. The Hall–Kier alpha value is -2.59. The van der Waals surface area contributed by atoms with E-state index in [4.69, 9.17) is 21.1 Å². The number of amides is 1. The number of sulfonamides is 1. The molecule has 1 saturated carbocycles. The van der Waals surface area contributed by atoms with Crippen molar-refractivity contribution in [2.45, 2.75) is 74.7 Å². The molecule has 0 radical (unpaired) electrons. The molecule has 2 aliphatic heterocycles. The van der Waals surface area contributed by atoms with Gasteiger partial charge in [0.25, 0.3) is 5.91 Å². The van der Waals surface area contributed by atoms with Crippen molar-refractivity contribution in [2.75, 3.05) is 31.7 Å². The summed E-state index contributed by atoms with van der Waals surface area (Å²) >= 11 is 6.39. The number of anilines is 1. The number of benzene rings is 2. The van der Waals surface area contributed by atoms with Crippen molar-refractivity contribution in [2.24, 2.45) is 11.8 Å². The van der Waals surface area contributed by atoms with Crippen molar-refractivity contribution in [1.29, 1.82) is 0 Å². The lowest BCUT2D eigenvalue weighted by molar-refractivity contribution is 0.0451. The van der Waals surface area contributed by atoms with Crippen LogP contribution in [-0.2, 0) is 26.6 Å². The number of carbonyl (C=O) groups excluding carboxylic acids is 1. The molecule has 2 aromatic carbocycles. The summed E-state index contributed by atoms with van der Waals surface area (Å²) in [5.74, 6) is 0.333. The number of methoxy groups -OCH3 is 1. The molecular weight excluding hydrogens is 588 g/mol. The largest absolute Gasteiger partial charge is 0.490 e. The first-order valence-electron chi connectivity index (χ1n) is 15.4. The van der Waals surface area contributed by atoms with Crippen LogP contribution in [0.1, 0.15) is 66.9 Å². The van der Waals surface area contributed by atoms with Crippen molar-refractivity contribution < 1.29 is 27.8 Å². The zero-order chi connectivity index (χ0) is 30.4. The number of rotatable bonds is 2. The van der Waals surface area contributed by atoms with Gasteiger partial charge in [-0.2, -0.15) is 0 Å². The Bertz CT molecular complexity index is 1510. The van der Waals surface area contributed by atoms with Gasteiger partial charge in [-0.15, -0.1) is 0 Å². The van der Waals surface area contributed by atoms with E-state index in [9.17, 15) is 18.3 Å². The molecule has 4 aliphatic rings. The highest BCUT2D eigenvalue weighted by Gasteiger charge is 2.44. The number of hydrogen-bond acceptors (Lipinski definition) is 7. The van der Waals surface area contributed by atoms with Crippen LogP contribution in [0.2, 0.25) is 5.02 Å². The quantitative estimate of drug-likeness (QED) is 0.450. The second-order valence-corrected chi connectivity index (χ2v) is 15.0. The molecule has 1 fully saturated rings. The van der Waals surface area contributed by atoms with Gasteiger partial charge < -0.3 is 19.5 Å². The second-order valence-electron chi connectivity index (χ2n) is 12.6. The van der Waals surface area contributed by atoms with Crippen molar-refractivity contribution in [1.82, 2.24) is 4.72 Å². The minimum Gasteiger partial charge on any atom is -0.490 e. The van der Waals surface area contributed by atoms with E-state index in [-0.39, 0.29) is 29.2 Å². The summed E-state index contributed by atoms with van der Waals surface area (Å²) in [6.45, 7) is 3.63. The van der Waals surface area contributed by atoms with Crippen molar-refractivity contribution in [3.05, 3.63) is 70.3 Å². The summed E-state index contributed by atoms with van der Waals surface area (Å²) in [6, 6.07) is 11.3. The summed E-state index contributed by atoms with van der Waals surface area (Å²) in [7, 11) is -2.59. The smallest absolute Gasteiger partial charge is 0.264 e. The molecule has 2 aliphatic carbocycles. The van der Waals surface area contributed by atoms with E-state index in [1.807, 2.05) is 12.1 Å². The highest BCUT2D eigenvalue weighted by Crippen LogP contribution is 2.46. The van der Waals surface area contributed by atoms with Crippen LogP contribution in [0.5, 0.6) is 5.75 Å². The van der Waals surface area contributed by atoms with Gasteiger partial charge in [-0.3, -0.25) is 4.79 Å². The second kappa shape index (κ2) is 12.1. The summed E-state index contributed by atoms with van der Waals surface area (Å²) < 4.78 is 41.3. The maximum Gasteiger partial charge on any atom is 0.264 e. The van der Waals surface area contributed by atoms with Gasteiger partial charge in [-0.05, 0) is 98.2 Å². The lowest BCUT2D eigenvalue weighted by atomic mass is 9.68. The number of ether oxygens (including phenoxy) is 2. The van der Waals surface area contributed by atoms with Crippen LogP contribution in [-0.4, -0.2) is 63.7 Å². The van der Waals surface area contributed by atoms with E-state index in [0.29, 0.717) is 31.9 Å². The Kier molecular flexibility index (Phi) is 8.54. The van der Waals surface area contributed by atoms with E-state index < -0.39 is 33.4 Å². The molecule has 2 heterocycles. The summed E-state index contributed by atoms with van der Waals surface area (Å²) in [5, 5.41) is 11.0. The van der Waals surface area contributed by atoms with Crippen LogP contribution >= 0.6 is 11.6 Å². The van der Waals surface area contributed by atoms with Crippen molar-refractivity contribution >= 4 is 33.2 Å². The number of nitrogens with zero attached hydrogens (tertiary/aromatic N) is 1. The standard InChI is InChI=1S/C33H41ClN2O6S/c1-3-31-30(41-2)8-4-7-28(37)25-12-9-23(25)18-36-19-33(15-5-6-21-16-24(34)11-13-26(21)33)20-42-29-14-10-22(17-27(29)36)32(38)35-43(31,39)40/h4,7,10-11,13-14,16-17,23,25,28,30-31,37H,3,5-6,8-9,12,15,18-20H2,1-2H3,(H,35,38)/b7-4+/t23?,25?,28?,30-,31+,33-/m0/s1. The van der Waals surface area contributed by atoms with Gasteiger partial charge in [0.2, 0.25) is 10.0 Å². The van der Waals surface area contributed by atoms with Gasteiger partial charge in [0.05, 0.1) is 24.5 Å². The van der Waals surface area contributed by atoms with Crippen LogP contribution < -0.4 is 14.4 Å². The third-order valence-electron chi connectivity index (χ3n) is 10.1. The summed E-state index contributed by atoms with van der Waals surface area (Å²) in [5.41, 5.74) is 3.25. The molecule has 2 N–H and O–H groups in total. The van der Waals surface area contributed by atoms with Gasteiger partial charge in [0.15, 0.2) is 0 Å². The molecule has 0 aromatic heterocycles. The van der Waals surface area contributed by atoms with Gasteiger partial charge in [-0.25, -0.2) is 13.1 Å². The van der Waals surface area contributed by atoms with Crippen LogP contribution in [0.15, 0.2) is 48.6 Å². The average molecular weight is 629 g/mol. The van der Waals surface area contributed by atoms with E-state index in [1.54, 1.807) is 31.2 Å². The van der Waals surface area contributed by atoms with E-state index in [0.717, 1.165) is 42.8 Å². The van der Waals surface area contributed by atoms with E-state index in [2.05, 4.69) is 21.8 Å². The highest BCUT2D eigenvalue weighted by molar-refractivity contribution is 7.90. The molecular formula is C33H41ClN2O6S. The normalized spacial score (nSPS) is 32.8. The summed E-state index contributed by atoms with van der Waals surface area (Å²) in [6.07, 6.45) is 7.74. The fraction of sp³-hybridized carbons (Fsp3) is 0.545. The third-order valence-corrected chi connectivity index (χ3v) is 12.3. The zero-order valence-electron chi connectivity index (χ0n) is 24.8. The predicted molar refractivity (Wildman–Crippen MR) is 167 cm³/mol. The van der Waals surface area contributed by atoms with E-state index >= 15 is 0 Å². The molecule has 1 spiro atoms. The molecule has 10 heteroatoms. The Morgan fingerprint density at radius 2 is 2.05 bits per heavy atom. The first-order chi connectivity index (χ1) is 20.6. The molecule has 6 rings (SSSR count). The number of nitrogens with one attached hydrogen (secondary N) is 1. The fourth-order valence-electron chi connectivity index (χ4n) is 7.65. The first kappa shape index (κ1) is 30.4. The fourth-order valence-corrected chi connectivity index (χ4v) is 9.43. The van der Waals surface area contributed by atoms with Crippen LogP contribution in [0.4, 0.5) is 5.69 Å². The molecule has 2 aromatic rings. The first-order valence-corrected chi connectivity index (χ1v) is 17.3. The molecule has 6 atom stereocenters. The van der Waals surface area contributed by atoms with Crippen LogP contribution in [0, 0.1) is 11.8 Å². The predicted octanol–water partition coefficient (Wildman–Crippen LogP) is 5.01. The molecule has 8 nitrogen and oxygen atoms in total. The molecule has 43 heavy (non-hydrogen) atoms. The molecule has 232 valence electrons. The lowest BCUT2D eigenvalue weighted by Gasteiger charge is -2.45. The molecule has 3 unspecified atom stereocenters. The molecule has 2 bridgehead atoms. The maximum atomic E-state index is 13.5. The Labute approximate surface area is 259 Å². The number of carbonyl (C=O) groups is 1. The van der Waals surface area contributed by atoms with Crippen molar-refractivity contribution in [3.63, 3.8) is 0 Å². The number of aliphatic hydroxyl groups excluding tert-OH is 1. The SMILES string of the molecule is CC[C@@H]1[C@@H](OC)C/C=C/C(O)C2CCC2CN2C[C@@]3(CCCc4cc(Cl)ccc43)COc3ccc(cc32)C(=O)NS1(=O)=O. The number of fused-ring (bicyclic) bond motifs is 4. The van der Waals surface area contributed by atoms with Gasteiger partial charge in [0, 0.05) is 36.2 Å². The van der Waals surface area contributed by atoms with E-state index in [1.165, 1.54) is 18.2 Å². The maximum absolute atomic E-state index is 13.5. The minimum absolute atomic E-state index is 0.0864. The van der Waals surface area contributed by atoms with Crippen LogP contribution in [0.25, 0.3) is 0 Å². The highest BCUT2D eigenvalue weighted by atomic mass is 35.5. The molecule has 1 amide bonds. The lowest BCUT2D eigenvalue weighted by Crippen LogP contribution is -2.49. The third kappa shape index (κ3) is 5.81. The number of halogens is 1. The Balaban J connectivity index is 1.42. The molecule has 0 saturated heterocycles.